The molecule has 0 saturated heterocycles. The molecule has 0 aromatic heterocycles. The van der Waals surface area contributed by atoms with Crippen molar-refractivity contribution in [2.24, 2.45) is 0 Å². The zero-order valence-corrected chi connectivity index (χ0v) is 12.8. The molecule has 0 amide bonds. The van der Waals surface area contributed by atoms with Crippen molar-refractivity contribution in [1.82, 2.24) is 4.90 Å². The van der Waals surface area contributed by atoms with Gasteiger partial charge >= 0.3 is 0 Å². The van der Waals surface area contributed by atoms with Gasteiger partial charge in [-0.1, -0.05) is 30.1 Å². The van der Waals surface area contributed by atoms with Gasteiger partial charge in [0.15, 0.2) is 5.78 Å². The summed E-state index contributed by atoms with van der Waals surface area (Å²) in [5, 5.41) is 0.953. The van der Waals surface area contributed by atoms with Crippen LogP contribution < -0.4 is 0 Å². The van der Waals surface area contributed by atoms with Crippen molar-refractivity contribution in [3.63, 3.8) is 0 Å². The average molecular weight is 288 g/mol. The SMILES string of the molecule is CCC(C)(C)N(C)CC(=O)c1ccc(Cl)cc1Cl. The Balaban J connectivity index is 2.83. The Morgan fingerprint density at radius 3 is 2.44 bits per heavy atom. The van der Waals surface area contributed by atoms with Crippen molar-refractivity contribution in [2.45, 2.75) is 32.7 Å². The van der Waals surface area contributed by atoms with Gasteiger partial charge in [-0.25, -0.2) is 0 Å². The maximum atomic E-state index is 12.2. The zero-order chi connectivity index (χ0) is 13.9. The highest BCUT2D eigenvalue weighted by Gasteiger charge is 2.24. The summed E-state index contributed by atoms with van der Waals surface area (Å²) in [4.78, 5) is 14.2. The van der Waals surface area contributed by atoms with Crippen LogP contribution in [0.5, 0.6) is 0 Å². The molecule has 1 aromatic rings. The molecule has 0 heterocycles. The fraction of sp³-hybridized carbons (Fsp3) is 0.500. The number of likely N-dealkylation sites (N-methyl/N-ethyl adjacent to an activating group) is 1. The standard InChI is InChI=1S/C14H19Cl2NO/c1-5-14(2,3)17(4)9-13(18)11-7-6-10(15)8-12(11)16/h6-8H,5,9H2,1-4H3. The van der Waals surface area contributed by atoms with E-state index in [2.05, 4.69) is 20.8 Å². The number of nitrogens with zero attached hydrogens (tertiary/aromatic N) is 1. The van der Waals surface area contributed by atoms with Crippen molar-refractivity contribution in [3.05, 3.63) is 33.8 Å². The third-order valence-electron chi connectivity index (χ3n) is 3.51. The first-order chi connectivity index (χ1) is 8.27. The molecule has 0 fully saturated rings. The normalized spacial score (nSPS) is 11.9. The van der Waals surface area contributed by atoms with Crippen molar-refractivity contribution in [3.8, 4) is 0 Å². The van der Waals surface area contributed by atoms with Crippen LogP contribution >= 0.6 is 23.2 Å². The summed E-state index contributed by atoms with van der Waals surface area (Å²) in [6, 6.07) is 4.97. The van der Waals surface area contributed by atoms with Gasteiger partial charge in [-0.15, -0.1) is 0 Å². The Morgan fingerprint density at radius 1 is 1.33 bits per heavy atom. The minimum atomic E-state index is -0.00540. The first-order valence-corrected chi connectivity index (χ1v) is 6.73. The second kappa shape index (κ2) is 6.05. The van der Waals surface area contributed by atoms with Crippen LogP contribution in [-0.4, -0.2) is 29.8 Å². The Labute approximate surface area is 119 Å². The lowest BCUT2D eigenvalue weighted by molar-refractivity contribution is 0.0847. The third kappa shape index (κ3) is 3.71. The molecule has 0 atom stereocenters. The Bertz CT molecular complexity index is 443. The van der Waals surface area contributed by atoms with E-state index in [9.17, 15) is 4.79 Å². The molecule has 1 aromatic carbocycles. The molecule has 0 aliphatic carbocycles. The van der Waals surface area contributed by atoms with Crippen LogP contribution in [0.15, 0.2) is 18.2 Å². The number of ketones is 1. The lowest BCUT2D eigenvalue weighted by atomic mass is 9.99. The number of carbonyl (C=O) groups is 1. The molecule has 0 spiro atoms. The van der Waals surface area contributed by atoms with Crippen LogP contribution in [0.4, 0.5) is 0 Å². The van der Waals surface area contributed by atoms with Gasteiger partial charge in [0, 0.05) is 16.1 Å². The molecule has 2 nitrogen and oxygen atoms in total. The number of halogens is 2. The molecule has 0 N–H and O–H groups in total. The fourth-order valence-corrected chi connectivity index (χ4v) is 2.01. The third-order valence-corrected chi connectivity index (χ3v) is 4.06. The number of hydrogen-bond donors (Lipinski definition) is 0. The van der Waals surface area contributed by atoms with Crippen molar-refractivity contribution in [2.75, 3.05) is 13.6 Å². The van der Waals surface area contributed by atoms with E-state index in [4.69, 9.17) is 23.2 Å². The maximum absolute atomic E-state index is 12.2. The van der Waals surface area contributed by atoms with Crippen LogP contribution in [0.1, 0.15) is 37.6 Å². The van der Waals surface area contributed by atoms with Gasteiger partial charge in [0.05, 0.1) is 11.6 Å². The number of hydrogen-bond acceptors (Lipinski definition) is 2. The molecule has 0 aliphatic heterocycles. The van der Waals surface area contributed by atoms with Crippen LogP contribution in [0, 0.1) is 0 Å². The minimum absolute atomic E-state index is 0.00540. The van der Waals surface area contributed by atoms with E-state index in [1.54, 1.807) is 18.2 Å². The van der Waals surface area contributed by atoms with Crippen LogP contribution in [-0.2, 0) is 0 Å². The highest BCUT2D eigenvalue weighted by molar-refractivity contribution is 6.36. The van der Waals surface area contributed by atoms with E-state index in [1.165, 1.54) is 0 Å². The molecular formula is C14H19Cl2NO. The quantitative estimate of drug-likeness (QED) is 0.753. The van der Waals surface area contributed by atoms with E-state index in [0.29, 0.717) is 22.2 Å². The Morgan fingerprint density at radius 2 is 1.94 bits per heavy atom. The molecule has 0 bridgehead atoms. The van der Waals surface area contributed by atoms with Crippen molar-refractivity contribution >= 4 is 29.0 Å². The minimum Gasteiger partial charge on any atom is -0.294 e. The number of rotatable bonds is 5. The second-order valence-electron chi connectivity index (χ2n) is 5.07. The summed E-state index contributed by atoms with van der Waals surface area (Å²) in [5.74, 6) is 0.0145. The average Bonchev–Trinajstić information content (AvgIpc) is 2.28. The maximum Gasteiger partial charge on any atom is 0.178 e. The molecule has 100 valence electrons. The predicted octanol–water partition coefficient (Wildman–Crippen LogP) is 4.30. The number of Topliss-reactive ketones (excluding diaryl/α,β-unsaturated/α-hetero) is 1. The summed E-state index contributed by atoms with van der Waals surface area (Å²) in [5.41, 5.74) is 0.522. The lowest BCUT2D eigenvalue weighted by Crippen LogP contribution is -2.43. The predicted molar refractivity (Wildman–Crippen MR) is 77.8 cm³/mol. The van der Waals surface area contributed by atoms with Crippen molar-refractivity contribution < 1.29 is 4.79 Å². The van der Waals surface area contributed by atoms with Crippen molar-refractivity contribution in [1.29, 1.82) is 0 Å². The van der Waals surface area contributed by atoms with Gasteiger partial charge in [0.2, 0.25) is 0 Å². The Hall–Kier alpha value is -0.570. The van der Waals surface area contributed by atoms with Crippen LogP contribution in [0.2, 0.25) is 10.0 Å². The van der Waals surface area contributed by atoms with Gasteiger partial charge < -0.3 is 0 Å². The molecule has 0 saturated carbocycles. The molecule has 0 aliphatic rings. The van der Waals surface area contributed by atoms with E-state index >= 15 is 0 Å². The van der Waals surface area contributed by atoms with E-state index in [0.717, 1.165) is 6.42 Å². The summed E-state index contributed by atoms with van der Waals surface area (Å²) in [6.07, 6.45) is 0.977. The smallest absolute Gasteiger partial charge is 0.178 e. The fourth-order valence-electron chi connectivity index (χ4n) is 1.50. The van der Waals surface area contributed by atoms with Gasteiger partial charge in [0.25, 0.3) is 0 Å². The molecule has 1 rings (SSSR count). The first kappa shape index (κ1) is 15.5. The summed E-state index contributed by atoms with van der Waals surface area (Å²) in [6.45, 7) is 6.69. The monoisotopic (exact) mass is 287 g/mol. The van der Waals surface area contributed by atoms with E-state index in [-0.39, 0.29) is 11.3 Å². The molecule has 0 unspecified atom stereocenters. The van der Waals surface area contributed by atoms with Crippen LogP contribution in [0.3, 0.4) is 0 Å². The topological polar surface area (TPSA) is 20.3 Å². The molecular weight excluding hydrogens is 269 g/mol. The van der Waals surface area contributed by atoms with Gasteiger partial charge in [-0.2, -0.15) is 0 Å². The zero-order valence-electron chi connectivity index (χ0n) is 11.3. The van der Waals surface area contributed by atoms with Gasteiger partial charge in [0.1, 0.15) is 0 Å². The first-order valence-electron chi connectivity index (χ1n) is 5.97. The lowest BCUT2D eigenvalue weighted by Gasteiger charge is -2.34. The summed E-state index contributed by atoms with van der Waals surface area (Å²) in [7, 11) is 1.95. The number of carbonyl (C=O) groups excluding carboxylic acids is 1. The number of benzene rings is 1. The highest BCUT2D eigenvalue weighted by atomic mass is 35.5. The largest absolute Gasteiger partial charge is 0.294 e. The molecule has 18 heavy (non-hydrogen) atoms. The highest BCUT2D eigenvalue weighted by Crippen LogP contribution is 2.23. The molecule has 0 radical (unpaired) electrons. The van der Waals surface area contributed by atoms with E-state index < -0.39 is 0 Å². The Kier molecular flexibility index (Phi) is 5.20. The van der Waals surface area contributed by atoms with Gasteiger partial charge in [-0.05, 0) is 45.5 Å². The molecule has 4 heteroatoms. The van der Waals surface area contributed by atoms with Gasteiger partial charge in [-0.3, -0.25) is 9.69 Å². The van der Waals surface area contributed by atoms with E-state index in [1.807, 2.05) is 11.9 Å². The van der Waals surface area contributed by atoms with Crippen LogP contribution in [0.25, 0.3) is 0 Å². The second-order valence-corrected chi connectivity index (χ2v) is 5.91. The summed E-state index contributed by atoms with van der Waals surface area (Å²) < 4.78 is 0. The summed E-state index contributed by atoms with van der Waals surface area (Å²) >= 11 is 11.8.